The molecule has 3 N–H and O–H groups in total. The predicted octanol–water partition coefficient (Wildman–Crippen LogP) is 1.98. The van der Waals surface area contributed by atoms with Gasteiger partial charge >= 0.3 is 169 Å². The van der Waals surface area contributed by atoms with Crippen molar-refractivity contribution in [3.05, 3.63) is 61.2 Å². The first-order chi connectivity index (χ1) is 13.0. The Hall–Kier alpha value is -1.86. The van der Waals surface area contributed by atoms with Gasteiger partial charge in [0, 0.05) is 0 Å². The molecule has 2 aromatic rings. The zero-order valence-corrected chi connectivity index (χ0v) is 17.9. The van der Waals surface area contributed by atoms with Gasteiger partial charge in [-0.05, 0) is 0 Å². The van der Waals surface area contributed by atoms with Gasteiger partial charge in [0.1, 0.15) is 0 Å². The number of nitrogens with two attached hydrogens (primary N) is 1. The van der Waals surface area contributed by atoms with E-state index in [0.29, 0.717) is 25.3 Å². The number of amidine groups is 1. The molecular weight excluding hydrogens is 512 g/mol. The van der Waals surface area contributed by atoms with Gasteiger partial charge in [-0.3, -0.25) is 0 Å². The first-order valence-electron chi connectivity index (χ1n) is 7.80. The molecule has 0 atom stereocenters. The van der Waals surface area contributed by atoms with Crippen molar-refractivity contribution in [2.45, 2.75) is 19.0 Å². The van der Waals surface area contributed by atoms with Crippen molar-refractivity contribution in [3.63, 3.8) is 0 Å². The van der Waals surface area contributed by atoms with Crippen molar-refractivity contribution < 1.29 is 33.8 Å². The van der Waals surface area contributed by atoms with Gasteiger partial charge < -0.3 is 0 Å². The van der Waals surface area contributed by atoms with E-state index in [0.717, 1.165) is 5.56 Å². The van der Waals surface area contributed by atoms with Gasteiger partial charge in [0.25, 0.3) is 0 Å². The SMILES string of the molecule is COc1ccc(I(OS(=O)(=O)C(F)(F)F)c2cccc(C[NH+]=C(C)N)c2)cc1. The molecule has 0 unspecified atom stereocenters. The Morgan fingerprint density at radius 2 is 1.79 bits per heavy atom. The summed E-state index contributed by atoms with van der Waals surface area (Å²) in [6, 6.07) is 12.7. The number of benzene rings is 2. The average Bonchev–Trinajstić information content (AvgIpc) is 2.64. The molecule has 2 rings (SSSR count). The molecule has 0 aromatic heterocycles. The van der Waals surface area contributed by atoms with Crippen LogP contribution in [0.4, 0.5) is 13.2 Å². The zero-order chi connectivity index (χ0) is 20.9. The molecule has 0 radical (unpaired) electrons. The molecule has 0 fully saturated rings. The third kappa shape index (κ3) is 5.82. The molecule has 154 valence electrons. The van der Waals surface area contributed by atoms with Crippen LogP contribution in [-0.4, -0.2) is 26.9 Å². The molecule has 0 spiro atoms. The van der Waals surface area contributed by atoms with E-state index >= 15 is 0 Å². The number of alkyl halides is 3. The van der Waals surface area contributed by atoms with Crippen molar-refractivity contribution in [2.24, 2.45) is 5.73 Å². The van der Waals surface area contributed by atoms with Crippen LogP contribution in [-0.2, 0) is 19.2 Å². The first-order valence-corrected chi connectivity index (χ1v) is 12.3. The topological polar surface area (TPSA) is 92.6 Å². The Morgan fingerprint density at radius 3 is 2.32 bits per heavy atom. The summed E-state index contributed by atoms with van der Waals surface area (Å²) in [5.41, 5.74) is 0.790. The van der Waals surface area contributed by atoms with E-state index in [1.807, 2.05) is 0 Å². The number of methoxy groups -OCH3 is 1. The van der Waals surface area contributed by atoms with E-state index in [9.17, 15) is 21.6 Å². The third-order valence-corrected chi connectivity index (χ3v) is 10.3. The van der Waals surface area contributed by atoms with Gasteiger partial charge in [0.2, 0.25) is 0 Å². The van der Waals surface area contributed by atoms with E-state index in [-0.39, 0.29) is 0 Å². The Bertz CT molecular complexity index is 944. The summed E-state index contributed by atoms with van der Waals surface area (Å²) >= 11 is -3.44. The number of halogens is 4. The second-order valence-corrected chi connectivity index (χ2v) is 12.0. The van der Waals surface area contributed by atoms with Crippen LogP contribution in [0.15, 0.2) is 48.5 Å². The summed E-state index contributed by atoms with van der Waals surface area (Å²) in [4.78, 5) is 2.91. The van der Waals surface area contributed by atoms with Crippen molar-refractivity contribution in [3.8, 4) is 5.75 Å². The first kappa shape index (κ1) is 22.4. The maximum absolute atomic E-state index is 12.9. The fourth-order valence-electron chi connectivity index (χ4n) is 2.00. The fraction of sp³-hybridized carbons (Fsp3) is 0.235. The number of hydrogen-bond donors (Lipinski definition) is 2. The van der Waals surface area contributed by atoms with Crippen LogP contribution in [0.5, 0.6) is 5.75 Å². The van der Waals surface area contributed by atoms with Gasteiger partial charge in [-0.25, -0.2) is 0 Å². The van der Waals surface area contributed by atoms with Crippen LogP contribution in [0.2, 0.25) is 0 Å². The van der Waals surface area contributed by atoms with Crippen LogP contribution in [0.1, 0.15) is 12.5 Å². The molecule has 0 aliphatic heterocycles. The molecule has 28 heavy (non-hydrogen) atoms. The standard InChI is InChI=1S/C17H18F3IN2O4S/c1-12(22)23-11-13-4-3-5-15(10-13)21(27-28(24,25)17(18,19)20)14-6-8-16(26-2)9-7-14/h3-10H,11H2,1-2H3,(H2,22,23)/p+1. The molecule has 0 aliphatic rings. The van der Waals surface area contributed by atoms with Gasteiger partial charge in [0.05, 0.1) is 0 Å². The van der Waals surface area contributed by atoms with Crippen LogP contribution in [0, 0.1) is 7.14 Å². The van der Waals surface area contributed by atoms with Crippen molar-refractivity contribution >= 4 is 36.2 Å². The number of nitrogens with one attached hydrogen (secondary N) is 1. The van der Waals surface area contributed by atoms with Gasteiger partial charge in [-0.15, -0.1) is 0 Å². The van der Waals surface area contributed by atoms with E-state index in [4.69, 9.17) is 13.0 Å². The Morgan fingerprint density at radius 1 is 1.14 bits per heavy atom. The summed E-state index contributed by atoms with van der Waals surface area (Å²) < 4.78 is 72.6. The van der Waals surface area contributed by atoms with Gasteiger partial charge in [-0.2, -0.15) is 0 Å². The third-order valence-electron chi connectivity index (χ3n) is 3.34. The van der Waals surface area contributed by atoms with Crippen LogP contribution in [0.25, 0.3) is 0 Å². The van der Waals surface area contributed by atoms with E-state index in [1.165, 1.54) is 19.2 Å². The van der Waals surface area contributed by atoms with E-state index in [1.54, 1.807) is 43.3 Å². The van der Waals surface area contributed by atoms with Gasteiger partial charge in [-0.1, -0.05) is 0 Å². The molecule has 0 saturated carbocycles. The summed E-state index contributed by atoms with van der Waals surface area (Å²) in [6.45, 7) is 2.01. The molecule has 0 bridgehead atoms. The minimum atomic E-state index is -5.75. The molecule has 6 nitrogen and oxygen atoms in total. The number of hydrogen-bond acceptors (Lipinski definition) is 4. The van der Waals surface area contributed by atoms with Crippen LogP contribution >= 0.6 is 20.2 Å². The fourth-order valence-corrected chi connectivity index (χ4v) is 8.61. The minimum absolute atomic E-state index is 0.342. The maximum atomic E-state index is 12.9. The summed E-state index contributed by atoms with van der Waals surface area (Å²) in [7, 11) is -4.30. The molecule has 0 aliphatic carbocycles. The van der Waals surface area contributed by atoms with Crippen molar-refractivity contribution in [1.82, 2.24) is 0 Å². The second-order valence-electron chi connectivity index (χ2n) is 5.54. The number of rotatable bonds is 7. The van der Waals surface area contributed by atoms with E-state index in [2.05, 4.69) is 4.99 Å². The summed E-state index contributed by atoms with van der Waals surface area (Å²) in [6.07, 6.45) is 0. The molecule has 2 aromatic carbocycles. The average molecular weight is 531 g/mol. The normalized spacial score (nSPS) is 13.3. The Kier molecular flexibility index (Phi) is 7.28. The van der Waals surface area contributed by atoms with E-state index < -0.39 is 35.9 Å². The predicted molar refractivity (Wildman–Crippen MR) is 106 cm³/mol. The second kappa shape index (κ2) is 9.09. The molecule has 0 saturated heterocycles. The molecule has 0 amide bonds. The Balaban J connectivity index is 2.49. The Labute approximate surface area is 168 Å². The molecule has 11 heteroatoms. The molecule has 0 heterocycles. The van der Waals surface area contributed by atoms with Crippen molar-refractivity contribution in [1.29, 1.82) is 0 Å². The zero-order valence-electron chi connectivity index (χ0n) is 15.0. The summed E-state index contributed by atoms with van der Waals surface area (Å²) in [5, 5.41) is 0. The summed E-state index contributed by atoms with van der Waals surface area (Å²) in [5.74, 6) is 0.969. The quantitative estimate of drug-likeness (QED) is 0.247. The van der Waals surface area contributed by atoms with Gasteiger partial charge in [0.15, 0.2) is 0 Å². The van der Waals surface area contributed by atoms with Crippen molar-refractivity contribution in [2.75, 3.05) is 7.11 Å². The molecular formula is C17H19F3IN2O4S+. The van der Waals surface area contributed by atoms with Crippen LogP contribution in [0.3, 0.4) is 0 Å². The monoisotopic (exact) mass is 531 g/mol. The number of ether oxygens (including phenoxy) is 1. The van der Waals surface area contributed by atoms with Crippen LogP contribution < -0.4 is 15.5 Å².